The zero-order valence-corrected chi connectivity index (χ0v) is 25.7. The van der Waals surface area contributed by atoms with Crippen molar-refractivity contribution in [1.29, 1.82) is 0 Å². The number of hydrogen-bond acceptors (Lipinski definition) is 11. The summed E-state index contributed by atoms with van der Waals surface area (Å²) in [5.41, 5.74) is -1.62. The summed E-state index contributed by atoms with van der Waals surface area (Å²) in [5.74, 6) is -4.23. The van der Waals surface area contributed by atoms with E-state index in [9.17, 15) is 29.4 Å². The number of amides is 4. The molecule has 0 saturated carbocycles. The number of nitrogens with one attached hydrogen (secondary N) is 4. The Morgan fingerprint density at radius 2 is 1.80 bits per heavy atom. The average Bonchev–Trinajstić information content (AvgIpc) is 3.58. The van der Waals surface area contributed by atoms with Crippen LogP contribution in [0.5, 0.6) is 0 Å². The molecule has 4 atom stereocenters. The monoisotopic (exact) mass is 679 g/mol. The highest BCUT2D eigenvalue weighted by Gasteiger charge is 2.74. The number of carbonyl (C=O) groups is 4. The molecule has 0 aromatic heterocycles. The number of alkyl carbamates (subject to hydrolysis) is 1. The van der Waals surface area contributed by atoms with Crippen molar-refractivity contribution >= 4 is 75.3 Å². The Bertz CT molecular complexity index is 1630. The molecule has 4 amide bonds. The zero-order valence-electron chi connectivity index (χ0n) is 23.4. The van der Waals surface area contributed by atoms with Gasteiger partial charge in [-0.2, -0.15) is 0 Å². The molecular weight excluding hydrogens is 653 g/mol. The summed E-state index contributed by atoms with van der Waals surface area (Å²) in [6.07, 6.45) is -1.04. The first kappa shape index (κ1) is 31.2. The van der Waals surface area contributed by atoms with Crippen molar-refractivity contribution in [3.05, 3.63) is 60.4 Å². The Morgan fingerprint density at radius 1 is 1.11 bits per heavy atom. The number of carbonyl (C=O) groups excluding carboxylic acids is 4. The predicted molar refractivity (Wildman–Crippen MR) is 163 cm³/mol. The van der Waals surface area contributed by atoms with Crippen molar-refractivity contribution in [2.45, 2.75) is 46.2 Å². The maximum absolute atomic E-state index is 13.6. The van der Waals surface area contributed by atoms with Crippen LogP contribution in [0.2, 0.25) is 0 Å². The molecule has 6 N–H and O–H groups in total. The van der Waals surface area contributed by atoms with Crippen LogP contribution in [0.3, 0.4) is 0 Å². The third-order valence-corrected chi connectivity index (χ3v) is 8.66. The maximum atomic E-state index is 13.6. The molecule has 0 aliphatic carbocycles. The van der Waals surface area contributed by atoms with E-state index >= 15 is 0 Å². The van der Waals surface area contributed by atoms with Gasteiger partial charge in [-0.05, 0) is 16.8 Å². The highest BCUT2D eigenvalue weighted by Crippen LogP contribution is 2.45. The van der Waals surface area contributed by atoms with Gasteiger partial charge in [0, 0.05) is 24.9 Å². The van der Waals surface area contributed by atoms with Gasteiger partial charge in [0.25, 0.3) is 5.91 Å². The molecule has 4 aliphatic rings. The third-order valence-electron chi connectivity index (χ3n) is 8.33. The van der Waals surface area contributed by atoms with Crippen molar-refractivity contribution < 1.29 is 34.1 Å². The van der Waals surface area contributed by atoms with Gasteiger partial charge < -0.3 is 35.8 Å². The fourth-order valence-electron chi connectivity index (χ4n) is 6.38. The molecule has 17 heteroatoms. The fraction of sp³-hybridized carbons (Fsp3) is 0.393. The van der Waals surface area contributed by atoms with Gasteiger partial charge in [0.15, 0.2) is 5.66 Å². The Morgan fingerprint density at radius 3 is 2.51 bits per heavy atom. The SMILES string of the molecule is C=C1NC2[C@H](CN3C(=O)CCC3=O)N=C(NC(=O)OCC(Cl)(Cl)Cl)N3CC(NC(=O)c4cccc5ccccc45)C(O)(O)C23N1. The van der Waals surface area contributed by atoms with Crippen LogP contribution < -0.4 is 21.3 Å². The highest BCUT2D eigenvalue weighted by molar-refractivity contribution is 6.67. The second-order valence-electron chi connectivity index (χ2n) is 11.1. The highest BCUT2D eigenvalue weighted by atomic mass is 35.6. The van der Waals surface area contributed by atoms with Crippen LogP contribution in [0.1, 0.15) is 23.2 Å². The third kappa shape index (κ3) is 5.40. The Kier molecular flexibility index (Phi) is 7.77. The molecule has 14 nitrogen and oxygen atoms in total. The van der Waals surface area contributed by atoms with Gasteiger partial charge in [-0.25, -0.2) is 9.79 Å². The maximum Gasteiger partial charge on any atom is 0.414 e. The van der Waals surface area contributed by atoms with Gasteiger partial charge >= 0.3 is 6.09 Å². The molecule has 4 heterocycles. The lowest BCUT2D eigenvalue weighted by Gasteiger charge is -2.49. The molecule has 6 rings (SSSR count). The number of guanidine groups is 1. The summed E-state index contributed by atoms with van der Waals surface area (Å²) in [6, 6.07) is 8.99. The summed E-state index contributed by atoms with van der Waals surface area (Å²) in [6.45, 7) is 2.75. The van der Waals surface area contributed by atoms with Gasteiger partial charge in [-0.15, -0.1) is 0 Å². The van der Waals surface area contributed by atoms with E-state index in [0.717, 1.165) is 10.3 Å². The molecule has 45 heavy (non-hydrogen) atoms. The molecule has 0 bridgehead atoms. The molecular formula is C28H28Cl3N7O7. The smallest absolute Gasteiger partial charge is 0.414 e. The lowest BCUT2D eigenvalue weighted by atomic mass is 9.85. The number of hydrogen-bond donors (Lipinski definition) is 6. The molecule has 3 unspecified atom stereocenters. The molecule has 1 spiro atoms. The molecule has 0 radical (unpaired) electrons. The number of fused-ring (bicyclic) bond motifs is 1. The van der Waals surface area contributed by atoms with Crippen molar-refractivity contribution in [2.24, 2.45) is 4.99 Å². The van der Waals surface area contributed by atoms with Gasteiger partial charge in [0.1, 0.15) is 12.6 Å². The van der Waals surface area contributed by atoms with Crippen LogP contribution in [0, 0.1) is 0 Å². The number of rotatable bonds is 5. The van der Waals surface area contributed by atoms with Crippen LogP contribution in [0.15, 0.2) is 59.9 Å². The van der Waals surface area contributed by atoms with E-state index in [-0.39, 0.29) is 37.7 Å². The zero-order chi connectivity index (χ0) is 32.3. The normalized spacial score (nSPS) is 27.0. The van der Waals surface area contributed by atoms with E-state index < -0.39 is 63.8 Å². The number of halogens is 3. The van der Waals surface area contributed by atoms with E-state index in [2.05, 4.69) is 32.8 Å². The van der Waals surface area contributed by atoms with Crippen LogP contribution in [-0.2, 0) is 14.3 Å². The van der Waals surface area contributed by atoms with Crippen molar-refractivity contribution in [2.75, 3.05) is 19.7 Å². The molecule has 2 aromatic carbocycles. The first-order chi connectivity index (χ1) is 21.2. The minimum Gasteiger partial charge on any atom is -0.445 e. The Hall–Kier alpha value is -3.82. The lowest BCUT2D eigenvalue weighted by molar-refractivity contribution is -0.231. The summed E-state index contributed by atoms with van der Waals surface area (Å²) in [7, 11) is 0. The molecule has 2 aromatic rings. The second kappa shape index (κ2) is 11.2. The first-order valence-electron chi connectivity index (χ1n) is 13.9. The number of ether oxygens (including phenoxy) is 1. The van der Waals surface area contributed by atoms with E-state index in [0.29, 0.717) is 10.9 Å². The summed E-state index contributed by atoms with van der Waals surface area (Å²) < 4.78 is 3.10. The van der Waals surface area contributed by atoms with Crippen molar-refractivity contribution in [1.82, 2.24) is 31.1 Å². The lowest BCUT2D eigenvalue weighted by Crippen LogP contribution is -2.78. The number of benzene rings is 2. The van der Waals surface area contributed by atoms with E-state index in [4.69, 9.17) is 39.5 Å². The van der Waals surface area contributed by atoms with Gasteiger partial charge in [0.05, 0.1) is 24.4 Å². The number of likely N-dealkylation sites (tertiary alicyclic amines) is 1. The van der Waals surface area contributed by atoms with Gasteiger partial charge in [0.2, 0.25) is 27.4 Å². The molecule has 3 saturated heterocycles. The van der Waals surface area contributed by atoms with Crippen molar-refractivity contribution in [3.8, 4) is 0 Å². The number of nitrogens with zero attached hydrogens (tertiary/aromatic N) is 3. The van der Waals surface area contributed by atoms with Crippen LogP contribution in [0.4, 0.5) is 4.79 Å². The Labute approximate surface area is 271 Å². The minimum absolute atomic E-state index is 0.0241. The van der Waals surface area contributed by atoms with E-state index in [1.165, 1.54) is 4.90 Å². The topological polar surface area (TPSA) is 185 Å². The molecule has 238 valence electrons. The van der Waals surface area contributed by atoms with E-state index in [1.54, 1.807) is 24.3 Å². The average molecular weight is 681 g/mol. The van der Waals surface area contributed by atoms with Gasteiger partial charge in [-0.1, -0.05) is 77.8 Å². The van der Waals surface area contributed by atoms with Gasteiger partial charge in [-0.3, -0.25) is 24.6 Å². The molecule has 3 fully saturated rings. The fourth-order valence-corrected chi connectivity index (χ4v) is 6.54. The van der Waals surface area contributed by atoms with Crippen LogP contribution in [-0.4, -0.2) is 103 Å². The largest absolute Gasteiger partial charge is 0.445 e. The standard InChI is InChI=1S/C28H28Cl3N7O7/c1-14-32-22-18(11-37-20(39)9-10-21(37)40)33-24(35-25(42)45-13-26(29,30)31)38-12-19(28(43,44)27(22,38)36-14)34-23(41)17-8-4-6-15-5-2-3-7-16(15)17/h2-8,18-19,22,32,36,43-44H,1,9-13H2,(H,34,41)(H,33,35,42)/t18-,19?,22?,27?/m0/s1. The molecule has 4 aliphatic heterocycles. The number of imide groups is 1. The minimum atomic E-state index is -2.76. The first-order valence-corrected chi connectivity index (χ1v) is 15.0. The second-order valence-corrected chi connectivity index (χ2v) is 13.6. The Balaban J connectivity index is 1.37. The van der Waals surface area contributed by atoms with Crippen molar-refractivity contribution in [3.63, 3.8) is 0 Å². The summed E-state index contributed by atoms with van der Waals surface area (Å²) in [4.78, 5) is 58.5. The summed E-state index contributed by atoms with van der Waals surface area (Å²) in [5, 5.41) is 36.5. The van der Waals surface area contributed by atoms with E-state index in [1.807, 2.05) is 18.2 Å². The predicted octanol–water partition coefficient (Wildman–Crippen LogP) is 0.647. The number of alkyl halides is 3. The van der Waals surface area contributed by atoms with Crippen LogP contribution >= 0.6 is 34.8 Å². The summed E-state index contributed by atoms with van der Waals surface area (Å²) >= 11 is 17.1. The quantitative estimate of drug-likeness (QED) is 0.149. The van der Waals surface area contributed by atoms with Crippen LogP contribution in [0.25, 0.3) is 10.8 Å². The number of aliphatic imine (C=N–C) groups is 1. The number of aliphatic hydroxyl groups is 2.